The number of phenolic OH excluding ortho intramolecular Hbond substituents is 2. The third kappa shape index (κ3) is 3.17. The first kappa shape index (κ1) is 15.5. The summed E-state index contributed by atoms with van der Waals surface area (Å²) in [5.74, 6) is 0.291. The van der Waals surface area contributed by atoms with Crippen molar-refractivity contribution < 1.29 is 19.8 Å². The average molecular weight is 318 g/mol. The molecule has 4 rings (SSSR count). The van der Waals surface area contributed by atoms with E-state index in [0.717, 1.165) is 21.5 Å². The number of carbonyl (C=O) groups excluding carboxylic acids is 2. The quantitative estimate of drug-likeness (QED) is 0.490. The van der Waals surface area contributed by atoms with Crippen molar-refractivity contribution in [3.63, 3.8) is 0 Å². The van der Waals surface area contributed by atoms with Crippen LogP contribution in [0.4, 0.5) is 0 Å². The summed E-state index contributed by atoms with van der Waals surface area (Å²) in [4.78, 5) is 20.6. The molecule has 0 radical (unpaired) electrons. The van der Waals surface area contributed by atoms with Crippen molar-refractivity contribution in [2.45, 2.75) is 0 Å². The lowest BCUT2D eigenvalue weighted by Crippen LogP contribution is -1.97. The molecule has 2 N–H and O–H groups in total. The van der Waals surface area contributed by atoms with Crippen molar-refractivity contribution in [2.75, 3.05) is 0 Å². The Hall–Kier alpha value is -3.40. The number of benzene rings is 3. The molecular formula is C20H14O4. The van der Waals surface area contributed by atoms with Crippen LogP contribution in [0.3, 0.4) is 0 Å². The van der Waals surface area contributed by atoms with Gasteiger partial charge in [-0.25, -0.2) is 0 Å². The molecule has 118 valence electrons. The first-order valence-corrected chi connectivity index (χ1v) is 7.32. The number of carbonyl (C=O) groups is 2. The topological polar surface area (TPSA) is 74.6 Å². The SMILES string of the molecule is O=C1C=CC(=O)C=C1.Oc1cccc2cc3c(O)cccc3cc12. The maximum Gasteiger partial charge on any atom is 0.178 e. The van der Waals surface area contributed by atoms with E-state index in [1.54, 1.807) is 24.3 Å². The molecule has 1 aliphatic carbocycles. The summed E-state index contributed by atoms with van der Waals surface area (Å²) in [6.45, 7) is 0. The standard InChI is InChI=1S/C14H10O2.C6H4O2/c15-13-5-1-3-9-7-12-10(8-11(9)13)4-2-6-14(12)16;7-5-1-2-6(8)4-3-5/h1-8,15-16H;1-4H. The van der Waals surface area contributed by atoms with E-state index in [1.165, 1.54) is 24.3 Å². The van der Waals surface area contributed by atoms with Gasteiger partial charge in [-0.05, 0) is 59.3 Å². The van der Waals surface area contributed by atoms with Gasteiger partial charge in [-0.3, -0.25) is 9.59 Å². The monoisotopic (exact) mass is 318 g/mol. The van der Waals surface area contributed by atoms with Crippen LogP contribution in [0.25, 0.3) is 21.5 Å². The Labute approximate surface area is 138 Å². The summed E-state index contributed by atoms with van der Waals surface area (Å²) in [6.07, 6.45) is 5.01. The Kier molecular flexibility index (Phi) is 4.12. The van der Waals surface area contributed by atoms with E-state index in [9.17, 15) is 19.8 Å². The highest BCUT2D eigenvalue weighted by atomic mass is 16.3. The molecule has 3 aromatic carbocycles. The Morgan fingerprint density at radius 1 is 0.583 bits per heavy atom. The van der Waals surface area contributed by atoms with Crippen molar-refractivity contribution in [3.8, 4) is 11.5 Å². The average Bonchev–Trinajstić information content (AvgIpc) is 2.58. The maximum absolute atomic E-state index is 10.3. The van der Waals surface area contributed by atoms with Gasteiger partial charge in [-0.2, -0.15) is 0 Å². The second-order valence-electron chi connectivity index (χ2n) is 5.32. The summed E-state index contributed by atoms with van der Waals surface area (Å²) >= 11 is 0. The second-order valence-corrected chi connectivity index (χ2v) is 5.32. The Bertz CT molecular complexity index is 913. The molecule has 0 aliphatic heterocycles. The smallest absolute Gasteiger partial charge is 0.178 e. The molecule has 0 bridgehead atoms. The fraction of sp³-hybridized carbons (Fsp3) is 0. The van der Waals surface area contributed by atoms with E-state index >= 15 is 0 Å². The van der Waals surface area contributed by atoms with Crippen LogP contribution in [0.5, 0.6) is 11.5 Å². The molecule has 0 saturated heterocycles. The normalized spacial score (nSPS) is 13.2. The van der Waals surface area contributed by atoms with Crippen LogP contribution in [0.15, 0.2) is 72.8 Å². The van der Waals surface area contributed by atoms with E-state index in [2.05, 4.69) is 0 Å². The summed E-state index contributed by atoms with van der Waals surface area (Å²) < 4.78 is 0. The fourth-order valence-corrected chi connectivity index (χ4v) is 2.46. The van der Waals surface area contributed by atoms with Crippen molar-refractivity contribution in [1.82, 2.24) is 0 Å². The molecular weight excluding hydrogens is 304 g/mol. The predicted octanol–water partition coefficient (Wildman–Crippen LogP) is 3.65. The lowest BCUT2D eigenvalue weighted by molar-refractivity contribution is -0.113. The third-order valence-electron chi connectivity index (χ3n) is 3.66. The molecule has 4 nitrogen and oxygen atoms in total. The second kappa shape index (κ2) is 6.38. The third-order valence-corrected chi connectivity index (χ3v) is 3.66. The van der Waals surface area contributed by atoms with Gasteiger partial charge in [0.2, 0.25) is 0 Å². The maximum atomic E-state index is 10.3. The summed E-state index contributed by atoms with van der Waals surface area (Å²) in [5, 5.41) is 22.9. The zero-order valence-electron chi connectivity index (χ0n) is 12.6. The number of hydrogen-bond acceptors (Lipinski definition) is 4. The summed E-state index contributed by atoms with van der Waals surface area (Å²) in [7, 11) is 0. The van der Waals surface area contributed by atoms with Crippen LogP contribution in [0.1, 0.15) is 0 Å². The molecule has 0 amide bonds. The van der Waals surface area contributed by atoms with Crippen LogP contribution in [-0.4, -0.2) is 21.8 Å². The lowest BCUT2D eigenvalue weighted by atomic mass is 10.0. The van der Waals surface area contributed by atoms with Gasteiger partial charge in [0.1, 0.15) is 11.5 Å². The minimum Gasteiger partial charge on any atom is -0.507 e. The highest BCUT2D eigenvalue weighted by Gasteiger charge is 2.04. The highest BCUT2D eigenvalue weighted by Crippen LogP contribution is 2.32. The molecule has 4 heteroatoms. The molecule has 0 aromatic heterocycles. The molecule has 0 spiro atoms. The van der Waals surface area contributed by atoms with Gasteiger partial charge >= 0.3 is 0 Å². The van der Waals surface area contributed by atoms with Crippen molar-refractivity contribution in [1.29, 1.82) is 0 Å². The molecule has 24 heavy (non-hydrogen) atoms. The van der Waals surface area contributed by atoms with Gasteiger partial charge in [0, 0.05) is 10.8 Å². The van der Waals surface area contributed by atoms with Gasteiger partial charge < -0.3 is 10.2 Å². The van der Waals surface area contributed by atoms with Crippen molar-refractivity contribution >= 4 is 33.1 Å². The van der Waals surface area contributed by atoms with E-state index < -0.39 is 0 Å². The minimum absolute atomic E-state index is 0.121. The Morgan fingerprint density at radius 2 is 0.958 bits per heavy atom. The number of fused-ring (bicyclic) bond motifs is 2. The molecule has 0 saturated carbocycles. The lowest BCUT2D eigenvalue weighted by Gasteiger charge is -2.05. The van der Waals surface area contributed by atoms with Gasteiger partial charge in [0.15, 0.2) is 11.6 Å². The highest BCUT2D eigenvalue weighted by molar-refractivity contribution is 6.14. The van der Waals surface area contributed by atoms with Crippen LogP contribution >= 0.6 is 0 Å². The minimum atomic E-state index is -0.121. The molecule has 3 aromatic rings. The van der Waals surface area contributed by atoms with Gasteiger partial charge in [-0.1, -0.05) is 24.3 Å². The predicted molar refractivity (Wildman–Crippen MR) is 93.1 cm³/mol. The molecule has 0 atom stereocenters. The van der Waals surface area contributed by atoms with Crippen molar-refractivity contribution in [3.05, 3.63) is 72.8 Å². The zero-order valence-corrected chi connectivity index (χ0v) is 12.6. The van der Waals surface area contributed by atoms with Gasteiger partial charge in [0.05, 0.1) is 0 Å². The fourth-order valence-electron chi connectivity index (χ4n) is 2.46. The number of hydrogen-bond donors (Lipinski definition) is 2. The number of phenols is 2. The number of allylic oxidation sites excluding steroid dienone is 4. The molecule has 0 unspecified atom stereocenters. The summed E-state index contributed by atoms with van der Waals surface area (Å²) in [6, 6.07) is 14.5. The number of ketones is 2. The largest absolute Gasteiger partial charge is 0.507 e. The van der Waals surface area contributed by atoms with Gasteiger partial charge in [0.25, 0.3) is 0 Å². The Balaban J connectivity index is 0.000000179. The van der Waals surface area contributed by atoms with E-state index in [0.29, 0.717) is 0 Å². The van der Waals surface area contributed by atoms with Crippen LogP contribution in [0.2, 0.25) is 0 Å². The number of rotatable bonds is 0. The molecule has 0 fully saturated rings. The van der Waals surface area contributed by atoms with Crippen molar-refractivity contribution in [2.24, 2.45) is 0 Å². The van der Waals surface area contributed by atoms with Crippen LogP contribution in [-0.2, 0) is 9.59 Å². The van der Waals surface area contributed by atoms with Crippen LogP contribution in [0, 0.1) is 0 Å². The Morgan fingerprint density at radius 3 is 1.33 bits per heavy atom. The molecule has 0 heterocycles. The van der Waals surface area contributed by atoms with E-state index in [1.807, 2.05) is 24.3 Å². The first-order chi connectivity index (χ1) is 11.5. The van der Waals surface area contributed by atoms with E-state index in [-0.39, 0.29) is 23.1 Å². The molecule has 1 aliphatic rings. The zero-order chi connectivity index (χ0) is 17.1. The first-order valence-electron chi connectivity index (χ1n) is 7.32. The summed E-state index contributed by atoms with van der Waals surface area (Å²) in [5.41, 5.74) is 0. The van der Waals surface area contributed by atoms with Gasteiger partial charge in [-0.15, -0.1) is 0 Å². The van der Waals surface area contributed by atoms with Crippen LogP contribution < -0.4 is 0 Å². The number of aromatic hydroxyl groups is 2. The van der Waals surface area contributed by atoms with E-state index in [4.69, 9.17) is 0 Å².